The standard InChI is InChI=1S/C14H14BrNOS/c1-17-14-7-4-12(16)8-10(14)9-18-13-5-2-11(15)3-6-13/h2-8H,9,16H2,1H3. The second kappa shape index (κ2) is 6.16. The number of hydrogen-bond donors (Lipinski definition) is 1. The summed E-state index contributed by atoms with van der Waals surface area (Å²) in [6.45, 7) is 0. The van der Waals surface area contributed by atoms with E-state index in [0.717, 1.165) is 27.2 Å². The van der Waals surface area contributed by atoms with Gasteiger partial charge in [-0.25, -0.2) is 0 Å². The minimum atomic E-state index is 0.766. The predicted octanol–water partition coefficient (Wildman–Crippen LogP) is 4.33. The van der Waals surface area contributed by atoms with Crippen molar-refractivity contribution in [3.8, 4) is 5.75 Å². The molecule has 0 bridgehead atoms. The van der Waals surface area contributed by atoms with Crippen molar-refractivity contribution in [2.45, 2.75) is 10.6 Å². The Bertz CT molecular complexity index is 528. The second-order valence-electron chi connectivity index (χ2n) is 3.81. The van der Waals surface area contributed by atoms with E-state index >= 15 is 0 Å². The molecule has 18 heavy (non-hydrogen) atoms. The molecule has 94 valence electrons. The number of methoxy groups -OCH3 is 1. The van der Waals surface area contributed by atoms with E-state index in [-0.39, 0.29) is 0 Å². The average molecular weight is 324 g/mol. The van der Waals surface area contributed by atoms with Crippen molar-refractivity contribution in [3.05, 3.63) is 52.5 Å². The molecule has 0 heterocycles. The van der Waals surface area contributed by atoms with Gasteiger partial charge >= 0.3 is 0 Å². The first-order valence-corrected chi connectivity index (χ1v) is 7.27. The molecular weight excluding hydrogens is 310 g/mol. The zero-order valence-electron chi connectivity index (χ0n) is 10.0. The highest BCUT2D eigenvalue weighted by atomic mass is 79.9. The van der Waals surface area contributed by atoms with Crippen LogP contribution in [0.2, 0.25) is 0 Å². The first kappa shape index (κ1) is 13.3. The van der Waals surface area contributed by atoms with Gasteiger partial charge in [0.15, 0.2) is 0 Å². The molecule has 2 rings (SSSR count). The Hall–Kier alpha value is -1.13. The molecule has 0 radical (unpaired) electrons. The van der Waals surface area contributed by atoms with E-state index < -0.39 is 0 Å². The van der Waals surface area contributed by atoms with Crippen LogP contribution in [0.25, 0.3) is 0 Å². The first-order valence-electron chi connectivity index (χ1n) is 5.50. The topological polar surface area (TPSA) is 35.2 Å². The lowest BCUT2D eigenvalue weighted by atomic mass is 10.2. The SMILES string of the molecule is COc1ccc(N)cc1CSc1ccc(Br)cc1. The summed E-state index contributed by atoms with van der Waals surface area (Å²) in [7, 11) is 1.68. The molecule has 0 saturated heterocycles. The minimum absolute atomic E-state index is 0.766. The maximum Gasteiger partial charge on any atom is 0.123 e. The summed E-state index contributed by atoms with van der Waals surface area (Å²) < 4.78 is 6.42. The van der Waals surface area contributed by atoms with Gasteiger partial charge in [-0.2, -0.15) is 0 Å². The Morgan fingerprint density at radius 2 is 1.89 bits per heavy atom. The maximum absolute atomic E-state index is 5.80. The van der Waals surface area contributed by atoms with Gasteiger partial charge in [0.1, 0.15) is 5.75 Å². The minimum Gasteiger partial charge on any atom is -0.496 e. The van der Waals surface area contributed by atoms with Gasteiger partial charge in [-0.05, 0) is 42.5 Å². The van der Waals surface area contributed by atoms with Gasteiger partial charge in [0.2, 0.25) is 0 Å². The van der Waals surface area contributed by atoms with Crippen LogP contribution in [0.1, 0.15) is 5.56 Å². The highest BCUT2D eigenvalue weighted by Crippen LogP contribution is 2.29. The van der Waals surface area contributed by atoms with Crippen LogP contribution in [-0.2, 0) is 5.75 Å². The van der Waals surface area contributed by atoms with Gasteiger partial charge in [-0.3, -0.25) is 0 Å². The van der Waals surface area contributed by atoms with Crippen molar-refractivity contribution in [1.82, 2.24) is 0 Å². The van der Waals surface area contributed by atoms with Gasteiger partial charge in [-0.15, -0.1) is 11.8 Å². The number of thioether (sulfide) groups is 1. The highest BCUT2D eigenvalue weighted by Gasteiger charge is 2.04. The van der Waals surface area contributed by atoms with E-state index in [1.165, 1.54) is 4.90 Å². The highest BCUT2D eigenvalue weighted by molar-refractivity contribution is 9.10. The molecule has 2 N–H and O–H groups in total. The van der Waals surface area contributed by atoms with Gasteiger partial charge in [0.05, 0.1) is 7.11 Å². The number of hydrogen-bond acceptors (Lipinski definition) is 3. The van der Waals surface area contributed by atoms with Crippen molar-refractivity contribution >= 4 is 33.4 Å². The van der Waals surface area contributed by atoms with Crippen molar-refractivity contribution in [1.29, 1.82) is 0 Å². The quantitative estimate of drug-likeness (QED) is 0.671. The fourth-order valence-electron chi connectivity index (χ4n) is 1.60. The number of benzene rings is 2. The van der Waals surface area contributed by atoms with Crippen molar-refractivity contribution < 1.29 is 4.74 Å². The molecule has 0 saturated carbocycles. The zero-order chi connectivity index (χ0) is 13.0. The lowest BCUT2D eigenvalue weighted by Crippen LogP contribution is -1.93. The molecule has 2 aromatic rings. The van der Waals surface area contributed by atoms with Crippen molar-refractivity contribution in [2.24, 2.45) is 0 Å². The first-order chi connectivity index (χ1) is 8.69. The van der Waals surface area contributed by atoms with Gasteiger partial charge < -0.3 is 10.5 Å². The average Bonchev–Trinajstić information content (AvgIpc) is 2.38. The third kappa shape index (κ3) is 3.43. The van der Waals surface area contributed by atoms with Crippen LogP contribution >= 0.6 is 27.7 Å². The molecule has 0 unspecified atom stereocenters. The molecule has 0 aromatic heterocycles. The fourth-order valence-corrected chi connectivity index (χ4v) is 2.74. The van der Waals surface area contributed by atoms with E-state index in [0.29, 0.717) is 0 Å². The molecule has 2 aromatic carbocycles. The van der Waals surface area contributed by atoms with Crippen LogP contribution in [0.4, 0.5) is 5.69 Å². The molecule has 0 atom stereocenters. The monoisotopic (exact) mass is 323 g/mol. The summed E-state index contributed by atoms with van der Waals surface area (Å²) in [6.07, 6.45) is 0. The van der Waals surface area contributed by atoms with E-state index in [4.69, 9.17) is 10.5 Å². The fraction of sp³-hybridized carbons (Fsp3) is 0.143. The smallest absolute Gasteiger partial charge is 0.123 e. The number of halogens is 1. The second-order valence-corrected chi connectivity index (χ2v) is 5.78. The Kier molecular flexibility index (Phi) is 4.55. The Labute approximate surface area is 120 Å². The van der Waals surface area contributed by atoms with E-state index in [9.17, 15) is 0 Å². The molecule has 4 heteroatoms. The molecule has 0 aliphatic heterocycles. The van der Waals surface area contributed by atoms with Crippen LogP contribution in [-0.4, -0.2) is 7.11 Å². The summed E-state index contributed by atoms with van der Waals surface area (Å²) in [5.74, 6) is 1.73. The van der Waals surface area contributed by atoms with Crippen molar-refractivity contribution in [2.75, 3.05) is 12.8 Å². The molecule has 0 amide bonds. The Morgan fingerprint density at radius 1 is 1.17 bits per heavy atom. The summed E-state index contributed by atoms with van der Waals surface area (Å²) >= 11 is 5.19. The Morgan fingerprint density at radius 3 is 2.56 bits per heavy atom. The molecule has 2 nitrogen and oxygen atoms in total. The molecule has 0 aliphatic carbocycles. The largest absolute Gasteiger partial charge is 0.496 e. The van der Waals surface area contributed by atoms with Crippen LogP contribution in [0, 0.1) is 0 Å². The molecule has 0 spiro atoms. The van der Waals surface area contributed by atoms with Crippen LogP contribution in [0.5, 0.6) is 5.75 Å². The van der Waals surface area contributed by atoms with Crippen LogP contribution in [0.15, 0.2) is 51.8 Å². The van der Waals surface area contributed by atoms with Gasteiger partial charge in [-0.1, -0.05) is 15.9 Å². The van der Waals surface area contributed by atoms with Gasteiger partial charge in [0.25, 0.3) is 0 Å². The zero-order valence-corrected chi connectivity index (χ0v) is 12.4. The van der Waals surface area contributed by atoms with Crippen LogP contribution < -0.4 is 10.5 Å². The molecule has 0 aliphatic rings. The molecule has 0 fully saturated rings. The predicted molar refractivity (Wildman–Crippen MR) is 81.1 cm³/mol. The maximum atomic E-state index is 5.80. The number of rotatable bonds is 4. The third-order valence-electron chi connectivity index (χ3n) is 2.51. The van der Waals surface area contributed by atoms with E-state index in [1.807, 2.05) is 30.3 Å². The van der Waals surface area contributed by atoms with Gasteiger partial charge in [0, 0.05) is 26.4 Å². The number of nitrogens with two attached hydrogens (primary N) is 1. The third-order valence-corrected chi connectivity index (χ3v) is 4.10. The molecular formula is C14H14BrNOS. The number of nitrogen functional groups attached to an aromatic ring is 1. The number of anilines is 1. The number of ether oxygens (including phenoxy) is 1. The summed E-state index contributed by atoms with van der Waals surface area (Å²) in [5, 5.41) is 0. The van der Waals surface area contributed by atoms with Crippen molar-refractivity contribution in [3.63, 3.8) is 0 Å². The van der Waals surface area contributed by atoms with Crippen LogP contribution in [0.3, 0.4) is 0 Å². The van der Waals surface area contributed by atoms with E-state index in [2.05, 4.69) is 28.1 Å². The normalized spacial score (nSPS) is 10.3. The van der Waals surface area contributed by atoms with E-state index in [1.54, 1.807) is 18.9 Å². The lowest BCUT2D eigenvalue weighted by Gasteiger charge is -2.09. The summed E-state index contributed by atoms with van der Waals surface area (Å²) in [5.41, 5.74) is 7.68. The summed E-state index contributed by atoms with van der Waals surface area (Å²) in [4.78, 5) is 1.22. The Balaban J connectivity index is 2.09. The lowest BCUT2D eigenvalue weighted by molar-refractivity contribution is 0.411. The summed E-state index contributed by atoms with van der Waals surface area (Å²) in [6, 6.07) is 14.0.